The molecule has 0 aliphatic carbocycles. The van der Waals surface area contributed by atoms with Crippen molar-refractivity contribution in [2.75, 3.05) is 20.8 Å². The Labute approximate surface area is 147 Å². The van der Waals surface area contributed by atoms with E-state index in [1.54, 1.807) is 14.2 Å². The molecule has 0 bridgehead atoms. The van der Waals surface area contributed by atoms with E-state index in [4.69, 9.17) is 14.2 Å². The van der Waals surface area contributed by atoms with Gasteiger partial charge in [0, 0.05) is 18.5 Å². The number of carbonyl (C=O) groups excluding carboxylic acids is 1. The van der Waals surface area contributed by atoms with E-state index >= 15 is 0 Å². The van der Waals surface area contributed by atoms with Gasteiger partial charge in [-0.1, -0.05) is 42.2 Å². The molecule has 2 rings (SSSR count). The molecule has 0 atom stereocenters. The second-order valence-corrected chi connectivity index (χ2v) is 5.11. The van der Waals surface area contributed by atoms with Crippen LogP contribution in [0, 0.1) is 11.8 Å². The quantitative estimate of drug-likeness (QED) is 0.647. The number of rotatable bonds is 6. The first-order chi connectivity index (χ1) is 12.2. The van der Waals surface area contributed by atoms with E-state index in [1.807, 2.05) is 48.5 Å². The molecule has 1 N–H and O–H groups in total. The number of nitrogens with one attached hydrogen (secondary N) is 1. The van der Waals surface area contributed by atoms with Gasteiger partial charge in [-0.2, -0.15) is 0 Å². The van der Waals surface area contributed by atoms with Crippen LogP contribution in [0.25, 0.3) is 0 Å². The van der Waals surface area contributed by atoms with Gasteiger partial charge in [-0.25, -0.2) is 4.79 Å². The number of amides is 1. The average molecular weight is 339 g/mol. The molecule has 1 amide bonds. The molecule has 0 saturated carbocycles. The van der Waals surface area contributed by atoms with Gasteiger partial charge in [0.1, 0.15) is 6.61 Å². The van der Waals surface area contributed by atoms with Gasteiger partial charge in [-0.3, -0.25) is 0 Å². The molecular formula is C20H21NO4. The van der Waals surface area contributed by atoms with Gasteiger partial charge < -0.3 is 19.5 Å². The van der Waals surface area contributed by atoms with Gasteiger partial charge in [0.15, 0.2) is 11.5 Å². The molecular weight excluding hydrogens is 318 g/mol. The van der Waals surface area contributed by atoms with Gasteiger partial charge in [-0.15, -0.1) is 0 Å². The zero-order valence-electron chi connectivity index (χ0n) is 14.4. The van der Waals surface area contributed by atoms with E-state index in [1.165, 1.54) is 0 Å². The molecule has 0 spiro atoms. The summed E-state index contributed by atoms with van der Waals surface area (Å²) < 4.78 is 15.5. The summed E-state index contributed by atoms with van der Waals surface area (Å²) in [6.45, 7) is 0.678. The molecule has 5 nitrogen and oxygen atoms in total. The predicted octanol–water partition coefficient (Wildman–Crippen LogP) is 3.37. The maximum absolute atomic E-state index is 11.6. The van der Waals surface area contributed by atoms with Gasteiger partial charge in [-0.05, 0) is 23.8 Å². The Bertz CT molecular complexity index is 747. The van der Waals surface area contributed by atoms with Crippen LogP contribution >= 0.6 is 0 Å². The first kappa shape index (κ1) is 18.2. The van der Waals surface area contributed by atoms with E-state index < -0.39 is 6.09 Å². The van der Waals surface area contributed by atoms with Gasteiger partial charge in [0.2, 0.25) is 0 Å². The third-order valence-corrected chi connectivity index (χ3v) is 3.35. The number of ether oxygens (including phenoxy) is 3. The fourth-order valence-electron chi connectivity index (χ4n) is 2.08. The van der Waals surface area contributed by atoms with Crippen molar-refractivity contribution in [1.82, 2.24) is 5.32 Å². The lowest BCUT2D eigenvalue weighted by atomic mass is 10.2. The molecule has 0 aliphatic rings. The molecule has 0 radical (unpaired) electrons. The van der Waals surface area contributed by atoms with Gasteiger partial charge >= 0.3 is 6.09 Å². The molecule has 0 fully saturated rings. The van der Waals surface area contributed by atoms with E-state index in [9.17, 15) is 4.79 Å². The molecule has 0 aliphatic heterocycles. The molecule has 2 aromatic rings. The molecule has 130 valence electrons. The summed E-state index contributed by atoms with van der Waals surface area (Å²) >= 11 is 0. The lowest BCUT2D eigenvalue weighted by molar-refractivity contribution is 0.140. The van der Waals surface area contributed by atoms with E-state index in [0.717, 1.165) is 11.1 Å². The highest BCUT2D eigenvalue weighted by Crippen LogP contribution is 2.27. The maximum Gasteiger partial charge on any atom is 0.407 e. The summed E-state index contributed by atoms with van der Waals surface area (Å²) in [7, 11) is 3.17. The predicted molar refractivity (Wildman–Crippen MR) is 95.7 cm³/mol. The molecule has 0 heterocycles. The normalized spacial score (nSPS) is 9.52. The number of hydrogen-bond acceptors (Lipinski definition) is 4. The van der Waals surface area contributed by atoms with Crippen LogP contribution in [0.4, 0.5) is 4.79 Å². The summed E-state index contributed by atoms with van der Waals surface area (Å²) in [5, 5.41) is 2.67. The number of carbonyl (C=O) groups is 1. The number of alkyl carbamates (subject to hydrolysis) is 1. The van der Waals surface area contributed by atoms with Crippen molar-refractivity contribution in [2.45, 2.75) is 13.0 Å². The van der Waals surface area contributed by atoms with Crippen LogP contribution in [0.15, 0.2) is 48.5 Å². The van der Waals surface area contributed by atoms with E-state index in [0.29, 0.717) is 24.5 Å². The van der Waals surface area contributed by atoms with Crippen molar-refractivity contribution in [2.24, 2.45) is 0 Å². The first-order valence-corrected chi connectivity index (χ1v) is 7.88. The van der Waals surface area contributed by atoms with Crippen molar-refractivity contribution >= 4 is 6.09 Å². The summed E-state index contributed by atoms with van der Waals surface area (Å²) in [4.78, 5) is 11.6. The third-order valence-electron chi connectivity index (χ3n) is 3.35. The highest BCUT2D eigenvalue weighted by atomic mass is 16.5. The van der Waals surface area contributed by atoms with E-state index in [-0.39, 0.29) is 6.61 Å². The third kappa shape index (κ3) is 6.11. The molecule has 2 aromatic carbocycles. The van der Waals surface area contributed by atoms with Crippen molar-refractivity contribution in [3.63, 3.8) is 0 Å². The Kier molecular flexibility index (Phi) is 7.20. The smallest absolute Gasteiger partial charge is 0.407 e. The molecule has 0 saturated heterocycles. The number of hydrogen-bond donors (Lipinski definition) is 1. The Morgan fingerprint density at radius 1 is 1.04 bits per heavy atom. The highest BCUT2D eigenvalue weighted by Gasteiger charge is 2.03. The van der Waals surface area contributed by atoms with Crippen LogP contribution in [-0.4, -0.2) is 26.9 Å². The summed E-state index contributed by atoms with van der Waals surface area (Å²) in [6.07, 6.45) is 0.0752. The van der Waals surface area contributed by atoms with Crippen LogP contribution in [0.5, 0.6) is 11.5 Å². The highest BCUT2D eigenvalue weighted by molar-refractivity contribution is 5.67. The van der Waals surface area contributed by atoms with Crippen molar-refractivity contribution in [1.29, 1.82) is 0 Å². The Hall–Kier alpha value is -3.13. The van der Waals surface area contributed by atoms with Crippen LogP contribution in [0.1, 0.15) is 17.5 Å². The topological polar surface area (TPSA) is 56.8 Å². The second kappa shape index (κ2) is 9.89. The minimum absolute atomic E-state index is 0.254. The van der Waals surface area contributed by atoms with Crippen molar-refractivity contribution < 1.29 is 19.0 Å². The standard InChI is InChI=1S/C20H21NO4/c1-23-18-12-11-16(14-19(18)24-2)8-6-7-13-21-20(22)25-15-17-9-4-3-5-10-17/h3-5,9-12,14H,7,13,15H2,1-2H3,(H,21,22). The maximum atomic E-state index is 11.6. The monoisotopic (exact) mass is 339 g/mol. The van der Waals surface area contributed by atoms with Gasteiger partial charge in [0.25, 0.3) is 0 Å². The number of benzene rings is 2. The second-order valence-electron chi connectivity index (χ2n) is 5.11. The lowest BCUT2D eigenvalue weighted by Crippen LogP contribution is -2.24. The average Bonchev–Trinajstić information content (AvgIpc) is 2.66. The Morgan fingerprint density at radius 2 is 1.80 bits per heavy atom. The SMILES string of the molecule is COc1ccc(C#CCCNC(=O)OCc2ccccc2)cc1OC. The lowest BCUT2D eigenvalue weighted by Gasteiger charge is -2.06. The fourth-order valence-corrected chi connectivity index (χ4v) is 2.08. The number of methoxy groups -OCH3 is 2. The summed E-state index contributed by atoms with van der Waals surface area (Å²) in [6, 6.07) is 15.0. The zero-order chi connectivity index (χ0) is 17.9. The van der Waals surface area contributed by atoms with Crippen molar-refractivity contribution in [3.8, 4) is 23.3 Å². The molecule has 0 unspecified atom stereocenters. The first-order valence-electron chi connectivity index (χ1n) is 7.88. The molecule has 0 aromatic heterocycles. The van der Waals surface area contributed by atoms with Crippen LogP contribution < -0.4 is 14.8 Å². The van der Waals surface area contributed by atoms with Crippen molar-refractivity contribution in [3.05, 3.63) is 59.7 Å². The van der Waals surface area contributed by atoms with E-state index in [2.05, 4.69) is 17.2 Å². The van der Waals surface area contributed by atoms with Crippen LogP contribution in [0.3, 0.4) is 0 Å². The minimum atomic E-state index is -0.447. The van der Waals surface area contributed by atoms with Gasteiger partial charge in [0.05, 0.1) is 14.2 Å². The fraction of sp³-hybridized carbons (Fsp3) is 0.250. The molecule has 5 heteroatoms. The Balaban J connectivity index is 1.72. The molecule has 25 heavy (non-hydrogen) atoms. The zero-order valence-corrected chi connectivity index (χ0v) is 14.4. The minimum Gasteiger partial charge on any atom is -0.493 e. The Morgan fingerprint density at radius 3 is 2.52 bits per heavy atom. The summed E-state index contributed by atoms with van der Waals surface area (Å²) in [5.74, 6) is 7.33. The van der Waals surface area contributed by atoms with Crippen LogP contribution in [0.2, 0.25) is 0 Å². The van der Waals surface area contributed by atoms with Crippen LogP contribution in [-0.2, 0) is 11.3 Å². The summed E-state index contributed by atoms with van der Waals surface area (Å²) in [5.41, 5.74) is 1.77. The largest absolute Gasteiger partial charge is 0.493 e.